The van der Waals surface area contributed by atoms with Gasteiger partial charge in [0.15, 0.2) is 0 Å². The first-order chi connectivity index (χ1) is 5.63. The van der Waals surface area contributed by atoms with E-state index in [1.54, 1.807) is 0 Å². The predicted octanol–water partition coefficient (Wildman–Crippen LogP) is 3.06. The van der Waals surface area contributed by atoms with Crippen molar-refractivity contribution in [3.8, 4) is 0 Å². The summed E-state index contributed by atoms with van der Waals surface area (Å²) in [5.74, 6) is 1.59. The number of hydrogen-bond donors (Lipinski definition) is 1. The molecule has 0 fully saturated rings. The molecular formula is C11H25N. The van der Waals surface area contributed by atoms with Crippen LogP contribution < -0.4 is 5.32 Å². The van der Waals surface area contributed by atoms with Gasteiger partial charge < -0.3 is 5.32 Å². The summed E-state index contributed by atoms with van der Waals surface area (Å²) < 4.78 is 0. The van der Waals surface area contributed by atoms with Gasteiger partial charge in [-0.3, -0.25) is 0 Å². The quantitative estimate of drug-likeness (QED) is 0.647. The molecule has 0 aromatic carbocycles. The zero-order chi connectivity index (χ0) is 9.56. The minimum Gasteiger partial charge on any atom is -0.314 e. The van der Waals surface area contributed by atoms with Crippen LogP contribution in [0.4, 0.5) is 0 Å². The van der Waals surface area contributed by atoms with Crippen LogP contribution in [-0.4, -0.2) is 12.6 Å². The molecule has 0 radical (unpaired) electrons. The zero-order valence-electron chi connectivity index (χ0n) is 9.35. The molecule has 0 saturated heterocycles. The van der Waals surface area contributed by atoms with Gasteiger partial charge in [-0.05, 0) is 24.8 Å². The Hall–Kier alpha value is -0.0400. The topological polar surface area (TPSA) is 12.0 Å². The Bertz CT molecular complexity index is 93.2. The third-order valence-corrected chi connectivity index (χ3v) is 2.75. The molecule has 0 spiro atoms. The van der Waals surface area contributed by atoms with Crippen LogP contribution in [0.25, 0.3) is 0 Å². The molecule has 0 amide bonds. The Morgan fingerprint density at radius 1 is 1.08 bits per heavy atom. The van der Waals surface area contributed by atoms with Crippen molar-refractivity contribution in [3.05, 3.63) is 0 Å². The Labute approximate surface area is 77.9 Å². The van der Waals surface area contributed by atoms with Crippen LogP contribution in [0.5, 0.6) is 0 Å². The molecule has 74 valence electrons. The van der Waals surface area contributed by atoms with E-state index < -0.39 is 0 Å². The second kappa shape index (κ2) is 6.47. The van der Waals surface area contributed by atoms with Gasteiger partial charge in [-0.25, -0.2) is 0 Å². The average Bonchev–Trinajstić information content (AvgIpc) is 2.03. The highest BCUT2D eigenvalue weighted by Crippen LogP contribution is 2.17. The van der Waals surface area contributed by atoms with Crippen LogP contribution in [0.3, 0.4) is 0 Å². The molecule has 1 N–H and O–H groups in total. The first-order valence-electron chi connectivity index (χ1n) is 5.36. The Morgan fingerprint density at radius 2 is 1.67 bits per heavy atom. The lowest BCUT2D eigenvalue weighted by Gasteiger charge is -2.27. The molecule has 2 unspecified atom stereocenters. The Morgan fingerprint density at radius 3 is 2.00 bits per heavy atom. The highest BCUT2D eigenvalue weighted by Gasteiger charge is 2.17. The van der Waals surface area contributed by atoms with E-state index in [-0.39, 0.29) is 0 Å². The van der Waals surface area contributed by atoms with Crippen molar-refractivity contribution in [1.29, 1.82) is 0 Å². The van der Waals surface area contributed by atoms with Crippen molar-refractivity contribution in [2.75, 3.05) is 6.54 Å². The van der Waals surface area contributed by atoms with Crippen molar-refractivity contribution >= 4 is 0 Å². The van der Waals surface area contributed by atoms with Gasteiger partial charge >= 0.3 is 0 Å². The fourth-order valence-corrected chi connectivity index (χ4v) is 1.59. The van der Waals surface area contributed by atoms with E-state index in [1.165, 1.54) is 12.8 Å². The molecule has 0 bridgehead atoms. The standard InChI is InChI=1S/C11H25N/c1-6-8-11(12-7-2)10(5)9(3)4/h9-12H,6-8H2,1-5H3. The van der Waals surface area contributed by atoms with E-state index >= 15 is 0 Å². The highest BCUT2D eigenvalue weighted by atomic mass is 14.9. The van der Waals surface area contributed by atoms with E-state index in [0.717, 1.165) is 24.4 Å². The van der Waals surface area contributed by atoms with Crippen molar-refractivity contribution in [2.45, 2.75) is 53.5 Å². The van der Waals surface area contributed by atoms with Crippen LogP contribution in [0.2, 0.25) is 0 Å². The fourth-order valence-electron chi connectivity index (χ4n) is 1.59. The maximum absolute atomic E-state index is 3.56. The van der Waals surface area contributed by atoms with E-state index in [1.807, 2.05) is 0 Å². The van der Waals surface area contributed by atoms with Gasteiger partial charge in [0.2, 0.25) is 0 Å². The van der Waals surface area contributed by atoms with Crippen LogP contribution >= 0.6 is 0 Å². The highest BCUT2D eigenvalue weighted by molar-refractivity contribution is 4.74. The van der Waals surface area contributed by atoms with Crippen molar-refractivity contribution in [2.24, 2.45) is 11.8 Å². The summed E-state index contributed by atoms with van der Waals surface area (Å²) in [5, 5.41) is 3.56. The SMILES string of the molecule is CCCC(NCC)C(C)C(C)C. The monoisotopic (exact) mass is 171 g/mol. The van der Waals surface area contributed by atoms with Crippen LogP contribution in [-0.2, 0) is 0 Å². The normalized spacial score (nSPS) is 16.5. The summed E-state index contributed by atoms with van der Waals surface area (Å²) in [4.78, 5) is 0. The molecule has 0 aliphatic rings. The molecule has 2 atom stereocenters. The molecule has 1 heteroatoms. The molecule has 12 heavy (non-hydrogen) atoms. The van der Waals surface area contributed by atoms with E-state index in [9.17, 15) is 0 Å². The second-order valence-electron chi connectivity index (χ2n) is 4.06. The van der Waals surface area contributed by atoms with E-state index in [4.69, 9.17) is 0 Å². The van der Waals surface area contributed by atoms with Gasteiger partial charge in [-0.2, -0.15) is 0 Å². The lowest BCUT2D eigenvalue weighted by atomic mass is 9.88. The Balaban J connectivity index is 3.89. The maximum Gasteiger partial charge on any atom is 0.00949 e. The first kappa shape index (κ1) is 12.0. The summed E-state index contributed by atoms with van der Waals surface area (Å²) in [6, 6.07) is 0.722. The zero-order valence-corrected chi connectivity index (χ0v) is 9.35. The molecular weight excluding hydrogens is 146 g/mol. The fraction of sp³-hybridized carbons (Fsp3) is 1.00. The van der Waals surface area contributed by atoms with Gasteiger partial charge in [0.1, 0.15) is 0 Å². The third kappa shape index (κ3) is 4.10. The van der Waals surface area contributed by atoms with Gasteiger partial charge in [0.05, 0.1) is 0 Å². The van der Waals surface area contributed by atoms with Crippen LogP contribution in [0.15, 0.2) is 0 Å². The van der Waals surface area contributed by atoms with Gasteiger partial charge in [-0.15, -0.1) is 0 Å². The van der Waals surface area contributed by atoms with E-state index in [2.05, 4.69) is 39.9 Å². The summed E-state index contributed by atoms with van der Waals surface area (Å²) >= 11 is 0. The molecule has 0 aliphatic heterocycles. The minimum absolute atomic E-state index is 0.722. The second-order valence-corrected chi connectivity index (χ2v) is 4.06. The van der Waals surface area contributed by atoms with Gasteiger partial charge in [-0.1, -0.05) is 41.0 Å². The lowest BCUT2D eigenvalue weighted by molar-refractivity contribution is 0.287. The molecule has 0 saturated carbocycles. The smallest absolute Gasteiger partial charge is 0.00949 e. The number of rotatable bonds is 6. The van der Waals surface area contributed by atoms with Crippen molar-refractivity contribution < 1.29 is 0 Å². The summed E-state index contributed by atoms with van der Waals surface area (Å²) in [6.45, 7) is 12.5. The molecule has 0 aromatic rings. The third-order valence-electron chi connectivity index (χ3n) is 2.75. The van der Waals surface area contributed by atoms with Crippen LogP contribution in [0, 0.1) is 11.8 Å². The lowest BCUT2D eigenvalue weighted by Crippen LogP contribution is -2.36. The summed E-state index contributed by atoms with van der Waals surface area (Å²) in [7, 11) is 0. The van der Waals surface area contributed by atoms with E-state index in [0.29, 0.717) is 0 Å². The molecule has 0 heterocycles. The van der Waals surface area contributed by atoms with Gasteiger partial charge in [0, 0.05) is 6.04 Å². The minimum atomic E-state index is 0.722. The molecule has 1 nitrogen and oxygen atoms in total. The van der Waals surface area contributed by atoms with Crippen molar-refractivity contribution in [3.63, 3.8) is 0 Å². The maximum atomic E-state index is 3.56. The first-order valence-corrected chi connectivity index (χ1v) is 5.36. The summed E-state index contributed by atoms with van der Waals surface area (Å²) in [6.07, 6.45) is 2.60. The molecule has 0 aliphatic carbocycles. The van der Waals surface area contributed by atoms with Crippen molar-refractivity contribution in [1.82, 2.24) is 5.32 Å². The predicted molar refractivity (Wildman–Crippen MR) is 56.4 cm³/mol. The van der Waals surface area contributed by atoms with Crippen LogP contribution in [0.1, 0.15) is 47.5 Å². The number of nitrogens with one attached hydrogen (secondary N) is 1. The summed E-state index contributed by atoms with van der Waals surface area (Å²) in [5.41, 5.74) is 0. The average molecular weight is 171 g/mol. The largest absolute Gasteiger partial charge is 0.314 e. The van der Waals surface area contributed by atoms with Gasteiger partial charge in [0.25, 0.3) is 0 Å². The Kier molecular flexibility index (Phi) is 6.45. The molecule has 0 rings (SSSR count). The molecule has 0 aromatic heterocycles. The number of hydrogen-bond acceptors (Lipinski definition) is 1.